The summed E-state index contributed by atoms with van der Waals surface area (Å²) in [6.45, 7) is 7.55. The molecular formula is C16H24N2O3. The molecule has 3 rings (SSSR count). The average Bonchev–Trinajstić information content (AvgIpc) is 3.07. The third-order valence-electron chi connectivity index (χ3n) is 5.39. The van der Waals surface area contributed by atoms with E-state index >= 15 is 0 Å². The summed E-state index contributed by atoms with van der Waals surface area (Å²) in [7, 11) is 0. The summed E-state index contributed by atoms with van der Waals surface area (Å²) < 4.78 is 0. The number of nitrogens with zero attached hydrogens (tertiary/aromatic N) is 2. The molecular weight excluding hydrogens is 268 g/mol. The number of piperazine rings is 1. The number of fused-ring (bicyclic) bond motifs is 2. The van der Waals surface area contributed by atoms with Crippen molar-refractivity contribution in [3.8, 4) is 0 Å². The maximum absolute atomic E-state index is 12.8. The molecule has 0 aromatic heterocycles. The van der Waals surface area contributed by atoms with Gasteiger partial charge >= 0.3 is 5.97 Å². The number of rotatable bonds is 3. The number of aliphatic carboxylic acids is 1. The van der Waals surface area contributed by atoms with Crippen LogP contribution in [0.4, 0.5) is 0 Å². The van der Waals surface area contributed by atoms with E-state index in [0.29, 0.717) is 6.04 Å². The van der Waals surface area contributed by atoms with Crippen molar-refractivity contribution < 1.29 is 14.7 Å². The normalized spacial score (nSPS) is 35.7. The van der Waals surface area contributed by atoms with Crippen LogP contribution in [0.1, 0.15) is 20.3 Å². The number of carbonyl (C=O) groups excluding carboxylic acids is 1. The van der Waals surface area contributed by atoms with E-state index in [0.717, 1.165) is 32.6 Å². The van der Waals surface area contributed by atoms with Crippen molar-refractivity contribution in [3.05, 3.63) is 12.2 Å². The van der Waals surface area contributed by atoms with E-state index in [1.807, 2.05) is 11.0 Å². The Bertz CT molecular complexity index is 466. The number of hydrogen-bond acceptors (Lipinski definition) is 3. The van der Waals surface area contributed by atoms with Crippen LogP contribution in [0.25, 0.3) is 0 Å². The van der Waals surface area contributed by atoms with Gasteiger partial charge in [-0.15, -0.1) is 0 Å². The van der Waals surface area contributed by atoms with Crippen LogP contribution >= 0.6 is 0 Å². The Labute approximate surface area is 125 Å². The average molecular weight is 292 g/mol. The number of hydrogen-bond donors (Lipinski definition) is 1. The van der Waals surface area contributed by atoms with E-state index in [4.69, 9.17) is 0 Å². The highest BCUT2D eigenvalue weighted by Crippen LogP contribution is 2.48. The number of amides is 1. The number of carboxylic acid groups (broad SMARTS) is 1. The lowest BCUT2D eigenvalue weighted by Crippen LogP contribution is -2.53. The van der Waals surface area contributed by atoms with Gasteiger partial charge < -0.3 is 10.0 Å². The Balaban J connectivity index is 1.68. The standard InChI is InChI=1S/C16H24N2O3/c1-10(2)17-5-7-18(8-6-17)15(19)13-11-3-4-12(9-11)14(13)16(20)21/h3-4,10-14H,5-9H2,1-2H3,(H,20,21)/t11?,12?,13-,14+/m0/s1. The number of carboxylic acids is 1. The van der Waals surface area contributed by atoms with Gasteiger partial charge in [0.15, 0.2) is 0 Å². The lowest BCUT2D eigenvalue weighted by molar-refractivity contribution is -0.151. The quantitative estimate of drug-likeness (QED) is 0.790. The molecule has 3 aliphatic rings. The molecule has 1 aliphatic heterocycles. The van der Waals surface area contributed by atoms with Gasteiger partial charge in [0.2, 0.25) is 5.91 Å². The van der Waals surface area contributed by atoms with Gasteiger partial charge in [-0.25, -0.2) is 0 Å². The minimum Gasteiger partial charge on any atom is -0.481 e. The summed E-state index contributed by atoms with van der Waals surface area (Å²) in [5.41, 5.74) is 0. The summed E-state index contributed by atoms with van der Waals surface area (Å²) in [4.78, 5) is 28.6. The summed E-state index contributed by atoms with van der Waals surface area (Å²) in [5.74, 6) is -1.43. The van der Waals surface area contributed by atoms with E-state index in [-0.39, 0.29) is 23.7 Å². The molecule has 2 unspecified atom stereocenters. The fourth-order valence-corrected chi connectivity index (χ4v) is 4.17. The first-order valence-electron chi connectivity index (χ1n) is 7.93. The van der Waals surface area contributed by atoms with Gasteiger partial charge in [-0.3, -0.25) is 14.5 Å². The van der Waals surface area contributed by atoms with Crippen LogP contribution in [0.15, 0.2) is 12.2 Å². The van der Waals surface area contributed by atoms with E-state index in [9.17, 15) is 14.7 Å². The number of allylic oxidation sites excluding steroid dienone is 2. The second-order valence-corrected chi connectivity index (χ2v) is 6.79. The minimum atomic E-state index is -0.814. The molecule has 1 amide bonds. The predicted octanol–water partition coefficient (Wildman–Crippen LogP) is 1.06. The maximum atomic E-state index is 12.8. The summed E-state index contributed by atoms with van der Waals surface area (Å²) in [5, 5.41) is 9.45. The van der Waals surface area contributed by atoms with Gasteiger partial charge in [-0.05, 0) is 32.1 Å². The molecule has 0 radical (unpaired) electrons. The van der Waals surface area contributed by atoms with Crippen LogP contribution < -0.4 is 0 Å². The van der Waals surface area contributed by atoms with Crippen molar-refractivity contribution in [3.63, 3.8) is 0 Å². The van der Waals surface area contributed by atoms with Crippen molar-refractivity contribution in [1.82, 2.24) is 9.80 Å². The van der Waals surface area contributed by atoms with Crippen molar-refractivity contribution >= 4 is 11.9 Å². The third-order valence-corrected chi connectivity index (χ3v) is 5.39. The van der Waals surface area contributed by atoms with Crippen LogP contribution in [-0.2, 0) is 9.59 Å². The molecule has 2 aliphatic carbocycles. The first-order chi connectivity index (χ1) is 9.99. The molecule has 5 nitrogen and oxygen atoms in total. The molecule has 116 valence electrons. The van der Waals surface area contributed by atoms with Gasteiger partial charge in [0.05, 0.1) is 11.8 Å². The monoisotopic (exact) mass is 292 g/mol. The lowest BCUT2D eigenvalue weighted by Gasteiger charge is -2.39. The largest absolute Gasteiger partial charge is 0.481 e. The molecule has 4 atom stereocenters. The van der Waals surface area contributed by atoms with Crippen LogP contribution in [0, 0.1) is 23.7 Å². The Morgan fingerprint density at radius 3 is 2.14 bits per heavy atom. The molecule has 0 aromatic carbocycles. The van der Waals surface area contributed by atoms with Gasteiger partial charge in [0.1, 0.15) is 0 Å². The molecule has 1 N–H and O–H groups in total. The second kappa shape index (κ2) is 5.44. The molecule has 1 heterocycles. The van der Waals surface area contributed by atoms with Crippen LogP contribution in [-0.4, -0.2) is 59.0 Å². The summed E-state index contributed by atoms with van der Waals surface area (Å²) in [6, 6.07) is 0.499. The fraction of sp³-hybridized carbons (Fsp3) is 0.750. The van der Waals surface area contributed by atoms with E-state index in [1.165, 1.54) is 0 Å². The third kappa shape index (κ3) is 2.48. The zero-order valence-corrected chi connectivity index (χ0v) is 12.7. The highest BCUT2D eigenvalue weighted by Gasteiger charge is 2.52. The summed E-state index contributed by atoms with van der Waals surface area (Å²) >= 11 is 0. The van der Waals surface area contributed by atoms with Crippen LogP contribution in [0.3, 0.4) is 0 Å². The van der Waals surface area contributed by atoms with Gasteiger partial charge in [0.25, 0.3) is 0 Å². The van der Waals surface area contributed by atoms with Gasteiger partial charge in [0, 0.05) is 32.2 Å². The Morgan fingerprint density at radius 2 is 1.62 bits per heavy atom. The van der Waals surface area contributed by atoms with E-state index in [2.05, 4.69) is 24.8 Å². The maximum Gasteiger partial charge on any atom is 0.307 e. The van der Waals surface area contributed by atoms with Gasteiger partial charge in [-0.1, -0.05) is 12.2 Å². The second-order valence-electron chi connectivity index (χ2n) is 6.79. The van der Waals surface area contributed by atoms with Crippen molar-refractivity contribution in [2.24, 2.45) is 23.7 Å². The Morgan fingerprint density at radius 1 is 1.05 bits per heavy atom. The van der Waals surface area contributed by atoms with Crippen molar-refractivity contribution in [1.29, 1.82) is 0 Å². The zero-order valence-electron chi connectivity index (χ0n) is 12.7. The van der Waals surface area contributed by atoms with E-state index in [1.54, 1.807) is 0 Å². The van der Waals surface area contributed by atoms with Crippen LogP contribution in [0.5, 0.6) is 0 Å². The highest BCUT2D eigenvalue weighted by atomic mass is 16.4. The highest BCUT2D eigenvalue weighted by molar-refractivity contribution is 5.87. The first-order valence-corrected chi connectivity index (χ1v) is 7.93. The smallest absolute Gasteiger partial charge is 0.307 e. The SMILES string of the molecule is CC(C)N1CCN(C(=O)[C@H]2C3C=CC(C3)[C@H]2C(=O)O)CC1. The molecule has 0 aromatic rings. The topological polar surface area (TPSA) is 60.9 Å². The molecule has 2 fully saturated rings. The zero-order chi connectivity index (χ0) is 15.1. The summed E-state index contributed by atoms with van der Waals surface area (Å²) in [6.07, 6.45) is 4.88. The fourth-order valence-electron chi connectivity index (χ4n) is 4.17. The van der Waals surface area contributed by atoms with Crippen molar-refractivity contribution in [2.45, 2.75) is 26.3 Å². The predicted molar refractivity (Wildman–Crippen MR) is 78.6 cm³/mol. The van der Waals surface area contributed by atoms with Crippen LogP contribution in [0.2, 0.25) is 0 Å². The van der Waals surface area contributed by atoms with E-state index < -0.39 is 11.9 Å². The minimum absolute atomic E-state index is 0.0541. The Hall–Kier alpha value is -1.36. The van der Waals surface area contributed by atoms with Gasteiger partial charge in [-0.2, -0.15) is 0 Å². The molecule has 0 spiro atoms. The first kappa shape index (κ1) is 14.6. The lowest BCUT2D eigenvalue weighted by atomic mass is 9.82. The number of carbonyl (C=O) groups is 2. The molecule has 5 heteroatoms. The molecule has 1 saturated carbocycles. The van der Waals surface area contributed by atoms with Crippen molar-refractivity contribution in [2.75, 3.05) is 26.2 Å². The molecule has 21 heavy (non-hydrogen) atoms. The molecule has 1 saturated heterocycles. The Kier molecular flexibility index (Phi) is 3.78. The molecule has 2 bridgehead atoms.